The highest BCUT2D eigenvalue weighted by Gasteiger charge is 2.21. The minimum atomic E-state index is -0.831. The summed E-state index contributed by atoms with van der Waals surface area (Å²) in [5.41, 5.74) is 1.36. The molecule has 1 saturated heterocycles. The number of ether oxygens (including phenoxy) is 1. The Bertz CT molecular complexity index is 793. The first-order chi connectivity index (χ1) is 13.0. The van der Waals surface area contributed by atoms with Gasteiger partial charge in [-0.05, 0) is 42.7 Å². The number of benzene rings is 2. The predicted octanol–water partition coefficient (Wildman–Crippen LogP) is 3.76. The molecule has 1 aliphatic rings. The fourth-order valence-electron chi connectivity index (χ4n) is 3.22. The summed E-state index contributed by atoms with van der Waals surface area (Å²) in [6.07, 6.45) is 1.59. The van der Waals surface area contributed by atoms with Crippen LogP contribution >= 0.6 is 0 Å². The Hall–Kier alpha value is -2.67. The molecule has 0 spiro atoms. The SMILES string of the molecule is COc1ccccc1NC(=O)NC1CCN(Cc2ccc(F)c(F)c2)CC1. The van der Waals surface area contributed by atoms with Crippen LogP contribution < -0.4 is 15.4 Å². The molecule has 0 bridgehead atoms. The molecule has 5 nitrogen and oxygen atoms in total. The van der Waals surface area contributed by atoms with Crippen molar-refractivity contribution in [1.82, 2.24) is 10.2 Å². The summed E-state index contributed by atoms with van der Waals surface area (Å²) in [6.45, 7) is 2.12. The normalized spacial score (nSPS) is 15.4. The molecule has 0 aliphatic carbocycles. The van der Waals surface area contributed by atoms with Crippen LogP contribution in [0.2, 0.25) is 0 Å². The minimum absolute atomic E-state index is 0.0703. The van der Waals surface area contributed by atoms with Crippen molar-refractivity contribution >= 4 is 11.7 Å². The Morgan fingerprint density at radius 2 is 1.89 bits per heavy atom. The van der Waals surface area contributed by atoms with Crippen LogP contribution in [0, 0.1) is 11.6 Å². The summed E-state index contributed by atoms with van der Waals surface area (Å²) < 4.78 is 31.5. The molecule has 1 heterocycles. The number of hydrogen-bond acceptors (Lipinski definition) is 3. The molecule has 2 aromatic carbocycles. The van der Waals surface area contributed by atoms with Crippen molar-refractivity contribution in [3.63, 3.8) is 0 Å². The highest BCUT2D eigenvalue weighted by atomic mass is 19.2. The van der Waals surface area contributed by atoms with E-state index >= 15 is 0 Å². The summed E-state index contributed by atoms with van der Waals surface area (Å²) in [5, 5.41) is 5.78. The first-order valence-corrected chi connectivity index (χ1v) is 8.92. The molecule has 27 heavy (non-hydrogen) atoms. The number of hydrogen-bond donors (Lipinski definition) is 2. The zero-order chi connectivity index (χ0) is 19.2. The first kappa shape index (κ1) is 19.1. The van der Waals surface area contributed by atoms with Gasteiger partial charge in [-0.15, -0.1) is 0 Å². The third-order valence-corrected chi connectivity index (χ3v) is 4.67. The van der Waals surface area contributed by atoms with E-state index in [2.05, 4.69) is 15.5 Å². The van der Waals surface area contributed by atoms with E-state index in [0.717, 1.165) is 37.6 Å². The quantitative estimate of drug-likeness (QED) is 0.837. The number of nitrogens with zero attached hydrogens (tertiary/aromatic N) is 1. The molecule has 144 valence electrons. The van der Waals surface area contributed by atoms with Crippen LogP contribution in [0.15, 0.2) is 42.5 Å². The molecule has 2 aromatic rings. The Morgan fingerprint density at radius 1 is 1.15 bits per heavy atom. The molecule has 7 heteroatoms. The number of urea groups is 1. The third-order valence-electron chi connectivity index (χ3n) is 4.67. The van der Waals surface area contributed by atoms with Crippen LogP contribution in [0.5, 0.6) is 5.75 Å². The van der Waals surface area contributed by atoms with Crippen LogP contribution in [0.3, 0.4) is 0 Å². The average Bonchev–Trinajstić information content (AvgIpc) is 2.67. The average molecular weight is 375 g/mol. The summed E-state index contributed by atoms with van der Waals surface area (Å²) in [4.78, 5) is 14.4. The smallest absolute Gasteiger partial charge is 0.319 e. The van der Waals surface area contributed by atoms with E-state index in [1.807, 2.05) is 12.1 Å². The number of methoxy groups -OCH3 is 1. The Morgan fingerprint density at radius 3 is 2.59 bits per heavy atom. The fourth-order valence-corrected chi connectivity index (χ4v) is 3.22. The second-order valence-corrected chi connectivity index (χ2v) is 6.60. The van der Waals surface area contributed by atoms with Crippen LogP contribution in [0.25, 0.3) is 0 Å². The van der Waals surface area contributed by atoms with Crippen molar-refractivity contribution < 1.29 is 18.3 Å². The van der Waals surface area contributed by atoms with Crippen molar-refractivity contribution in [2.75, 3.05) is 25.5 Å². The van der Waals surface area contributed by atoms with E-state index in [1.165, 1.54) is 6.07 Å². The highest BCUT2D eigenvalue weighted by Crippen LogP contribution is 2.23. The lowest BCUT2D eigenvalue weighted by Gasteiger charge is -2.32. The van der Waals surface area contributed by atoms with E-state index < -0.39 is 11.6 Å². The van der Waals surface area contributed by atoms with Gasteiger partial charge in [0.25, 0.3) is 0 Å². The van der Waals surface area contributed by atoms with Crippen LogP contribution in [-0.4, -0.2) is 37.2 Å². The third kappa shape index (κ3) is 5.17. The summed E-state index contributed by atoms with van der Waals surface area (Å²) >= 11 is 0. The molecular formula is C20H23F2N3O2. The molecule has 0 radical (unpaired) electrons. The Balaban J connectivity index is 1.46. The van der Waals surface area contributed by atoms with Crippen molar-refractivity contribution in [2.24, 2.45) is 0 Å². The number of para-hydroxylation sites is 2. The van der Waals surface area contributed by atoms with Crippen molar-refractivity contribution in [2.45, 2.75) is 25.4 Å². The number of anilines is 1. The van der Waals surface area contributed by atoms with Gasteiger partial charge >= 0.3 is 6.03 Å². The van der Waals surface area contributed by atoms with Gasteiger partial charge in [-0.1, -0.05) is 18.2 Å². The number of carbonyl (C=O) groups excluding carboxylic acids is 1. The molecule has 0 atom stereocenters. The van der Waals surface area contributed by atoms with Gasteiger partial charge in [-0.3, -0.25) is 4.90 Å². The van der Waals surface area contributed by atoms with E-state index in [4.69, 9.17) is 4.74 Å². The highest BCUT2D eigenvalue weighted by molar-refractivity contribution is 5.91. The van der Waals surface area contributed by atoms with E-state index in [9.17, 15) is 13.6 Å². The fraction of sp³-hybridized carbons (Fsp3) is 0.350. The zero-order valence-corrected chi connectivity index (χ0v) is 15.2. The van der Waals surface area contributed by atoms with Gasteiger partial charge in [0, 0.05) is 25.7 Å². The van der Waals surface area contributed by atoms with E-state index in [-0.39, 0.29) is 12.1 Å². The van der Waals surface area contributed by atoms with Crippen molar-refractivity contribution in [1.29, 1.82) is 0 Å². The molecule has 2 N–H and O–H groups in total. The Kier molecular flexibility index (Phi) is 6.24. The molecule has 2 amide bonds. The lowest BCUT2D eigenvalue weighted by atomic mass is 10.0. The number of rotatable bonds is 5. The summed E-state index contributed by atoms with van der Waals surface area (Å²) in [5.74, 6) is -1.05. The monoisotopic (exact) mass is 375 g/mol. The van der Waals surface area contributed by atoms with Gasteiger partial charge in [-0.2, -0.15) is 0 Å². The number of carbonyl (C=O) groups is 1. The van der Waals surface area contributed by atoms with Crippen LogP contribution in [0.4, 0.5) is 19.3 Å². The molecular weight excluding hydrogens is 352 g/mol. The van der Waals surface area contributed by atoms with Crippen molar-refractivity contribution in [3.8, 4) is 5.75 Å². The minimum Gasteiger partial charge on any atom is -0.495 e. The maximum absolute atomic E-state index is 13.3. The topological polar surface area (TPSA) is 53.6 Å². The van der Waals surface area contributed by atoms with E-state index in [1.54, 1.807) is 25.3 Å². The zero-order valence-electron chi connectivity index (χ0n) is 15.2. The maximum Gasteiger partial charge on any atom is 0.319 e. The predicted molar refractivity (Wildman–Crippen MR) is 99.8 cm³/mol. The largest absolute Gasteiger partial charge is 0.495 e. The first-order valence-electron chi connectivity index (χ1n) is 8.92. The molecule has 0 saturated carbocycles. The lowest BCUT2D eigenvalue weighted by molar-refractivity contribution is 0.189. The van der Waals surface area contributed by atoms with Crippen LogP contribution in [-0.2, 0) is 6.54 Å². The van der Waals surface area contributed by atoms with Gasteiger partial charge < -0.3 is 15.4 Å². The standard InChI is InChI=1S/C20H23F2N3O2/c1-27-19-5-3-2-4-18(19)24-20(26)23-15-8-10-25(11-9-15)13-14-6-7-16(21)17(22)12-14/h2-7,12,15H,8-11,13H2,1H3,(H2,23,24,26). The summed E-state index contributed by atoms with van der Waals surface area (Å²) in [6, 6.07) is 11.0. The van der Waals surface area contributed by atoms with Gasteiger partial charge in [-0.25, -0.2) is 13.6 Å². The van der Waals surface area contributed by atoms with E-state index in [0.29, 0.717) is 18.0 Å². The second-order valence-electron chi connectivity index (χ2n) is 6.60. The number of nitrogens with one attached hydrogen (secondary N) is 2. The number of likely N-dealkylation sites (tertiary alicyclic amines) is 1. The lowest BCUT2D eigenvalue weighted by Crippen LogP contribution is -2.45. The van der Waals surface area contributed by atoms with Gasteiger partial charge in [0.2, 0.25) is 0 Å². The Labute approximate surface area is 157 Å². The molecule has 0 aromatic heterocycles. The van der Waals surface area contributed by atoms with Crippen molar-refractivity contribution in [3.05, 3.63) is 59.7 Å². The number of halogens is 2. The van der Waals surface area contributed by atoms with Crippen LogP contribution in [0.1, 0.15) is 18.4 Å². The number of piperidine rings is 1. The molecule has 1 fully saturated rings. The molecule has 1 aliphatic heterocycles. The van der Waals surface area contributed by atoms with Gasteiger partial charge in [0.05, 0.1) is 12.8 Å². The molecule has 3 rings (SSSR count). The molecule has 0 unspecified atom stereocenters. The van der Waals surface area contributed by atoms with Gasteiger partial charge in [0.15, 0.2) is 11.6 Å². The second kappa shape index (κ2) is 8.81. The maximum atomic E-state index is 13.3. The summed E-state index contributed by atoms with van der Waals surface area (Å²) in [7, 11) is 1.56. The van der Waals surface area contributed by atoms with Gasteiger partial charge in [0.1, 0.15) is 5.75 Å². The number of amides is 2.